The van der Waals surface area contributed by atoms with Crippen molar-refractivity contribution in [2.45, 2.75) is 0 Å². The number of nitro benzene ring substituents is 1. The summed E-state index contributed by atoms with van der Waals surface area (Å²) in [6.07, 6.45) is 0. The third kappa shape index (κ3) is 2.46. The zero-order valence-corrected chi connectivity index (χ0v) is 16.5. The summed E-state index contributed by atoms with van der Waals surface area (Å²) >= 11 is 7.17. The zero-order chi connectivity index (χ0) is 18.7. The zero-order valence-electron chi connectivity index (χ0n) is 13.4. The van der Waals surface area contributed by atoms with Gasteiger partial charge in [-0.3, -0.25) is 10.1 Å². The van der Waals surface area contributed by atoms with Crippen LogP contribution in [-0.4, -0.2) is 14.9 Å². The van der Waals surface area contributed by atoms with Gasteiger partial charge in [-0.2, -0.15) is 0 Å². The summed E-state index contributed by atoms with van der Waals surface area (Å²) in [6.45, 7) is 0. The Hall–Kier alpha value is -2.78. The van der Waals surface area contributed by atoms with Gasteiger partial charge in [0.25, 0.3) is 5.69 Å². The molecule has 1 aliphatic heterocycles. The van der Waals surface area contributed by atoms with Gasteiger partial charge in [0.15, 0.2) is 11.5 Å². The maximum Gasteiger partial charge on any atom is 0.273 e. The molecule has 0 spiro atoms. The van der Waals surface area contributed by atoms with E-state index in [0.717, 1.165) is 11.0 Å². The maximum atomic E-state index is 11.0. The van der Waals surface area contributed by atoms with Crippen LogP contribution in [0.1, 0.15) is 0 Å². The Labute approximate surface area is 168 Å². The molecule has 5 rings (SSSR count). The van der Waals surface area contributed by atoms with Crippen molar-refractivity contribution >= 4 is 71.0 Å². The molecule has 0 aliphatic carbocycles. The minimum absolute atomic E-state index is 0.0410. The molecule has 0 unspecified atom stereocenters. The first-order valence-corrected chi connectivity index (χ1v) is 9.42. The third-order valence-corrected chi connectivity index (χ3v) is 5.79. The molecule has 27 heavy (non-hydrogen) atoms. The lowest BCUT2D eigenvalue weighted by atomic mass is 10.1. The van der Waals surface area contributed by atoms with E-state index in [1.807, 2.05) is 24.3 Å². The van der Waals surface area contributed by atoms with E-state index in [4.69, 9.17) is 14.7 Å². The van der Waals surface area contributed by atoms with Gasteiger partial charge in [0.05, 0.1) is 42.3 Å². The van der Waals surface area contributed by atoms with Crippen molar-refractivity contribution in [1.82, 2.24) is 9.97 Å². The van der Waals surface area contributed by atoms with Crippen molar-refractivity contribution < 1.29 is 9.66 Å². The fourth-order valence-electron chi connectivity index (χ4n) is 3.01. The lowest BCUT2D eigenvalue weighted by Crippen LogP contribution is -2.06. The van der Waals surface area contributed by atoms with Crippen LogP contribution < -0.4 is 10.1 Å². The molecule has 0 atom stereocenters. The Morgan fingerprint density at radius 3 is 2.33 bits per heavy atom. The lowest BCUT2D eigenvalue weighted by Gasteiger charge is -2.24. The van der Waals surface area contributed by atoms with E-state index in [2.05, 4.69) is 37.2 Å². The Morgan fingerprint density at radius 1 is 1.00 bits per heavy atom. The van der Waals surface area contributed by atoms with Crippen molar-refractivity contribution in [2.24, 2.45) is 0 Å². The highest BCUT2D eigenvalue weighted by molar-refractivity contribution is 9.11. The smallest absolute Gasteiger partial charge is 0.273 e. The molecule has 0 saturated heterocycles. The van der Waals surface area contributed by atoms with Gasteiger partial charge in [-0.25, -0.2) is 9.97 Å². The second kappa shape index (κ2) is 5.86. The Balaban J connectivity index is 1.77. The highest BCUT2D eigenvalue weighted by atomic mass is 79.9. The largest absolute Gasteiger partial charge is 0.451 e. The number of rotatable bonds is 1. The molecule has 7 nitrogen and oxygen atoms in total. The van der Waals surface area contributed by atoms with Crippen molar-refractivity contribution in [1.29, 1.82) is 0 Å². The number of ether oxygens (including phenoxy) is 1. The Bertz CT molecular complexity index is 1290. The van der Waals surface area contributed by atoms with Crippen LogP contribution >= 0.6 is 31.9 Å². The van der Waals surface area contributed by atoms with Crippen LogP contribution in [0.5, 0.6) is 11.5 Å². The minimum Gasteiger partial charge on any atom is -0.451 e. The molecule has 0 radical (unpaired) electrons. The summed E-state index contributed by atoms with van der Waals surface area (Å²) in [5.74, 6) is 0.865. The van der Waals surface area contributed by atoms with Gasteiger partial charge in [-0.1, -0.05) is 12.1 Å². The SMILES string of the molecule is O=[N+]([O-])c1ccc2c(c1)Oc1c(c(Br)c3nc4ccccc4nc3c1Br)N2. The molecule has 3 aromatic carbocycles. The molecule has 1 aromatic heterocycles. The van der Waals surface area contributed by atoms with Crippen LogP contribution in [-0.2, 0) is 0 Å². The van der Waals surface area contributed by atoms with Gasteiger partial charge < -0.3 is 10.1 Å². The van der Waals surface area contributed by atoms with E-state index in [0.29, 0.717) is 42.9 Å². The average Bonchev–Trinajstić information content (AvgIpc) is 2.69. The molecule has 1 N–H and O–H groups in total. The molecule has 0 bridgehead atoms. The molecule has 132 valence electrons. The Kier molecular flexibility index (Phi) is 3.56. The number of nitrogens with one attached hydrogen (secondary N) is 1. The number of benzene rings is 3. The monoisotopic (exact) mass is 486 g/mol. The fraction of sp³-hybridized carbons (Fsp3) is 0. The number of halogens is 2. The highest BCUT2D eigenvalue weighted by Crippen LogP contribution is 2.52. The number of aromatic nitrogens is 2. The van der Waals surface area contributed by atoms with E-state index in [-0.39, 0.29) is 5.69 Å². The quantitative estimate of drug-likeness (QED) is 0.175. The molecular weight excluding hydrogens is 480 g/mol. The summed E-state index contributed by atoms with van der Waals surface area (Å²) in [4.78, 5) is 20.0. The molecule has 4 aromatic rings. The molecule has 2 heterocycles. The summed E-state index contributed by atoms with van der Waals surface area (Å²) < 4.78 is 7.32. The van der Waals surface area contributed by atoms with Crippen LogP contribution in [0.4, 0.5) is 17.1 Å². The van der Waals surface area contributed by atoms with E-state index in [1.54, 1.807) is 6.07 Å². The number of nitrogens with zero attached hydrogens (tertiary/aromatic N) is 3. The predicted octanol–water partition coefficient (Wildman–Crippen LogP) is 6.07. The third-order valence-electron chi connectivity index (χ3n) is 4.28. The Morgan fingerprint density at radius 2 is 1.67 bits per heavy atom. The van der Waals surface area contributed by atoms with Crippen molar-refractivity contribution in [3.8, 4) is 11.5 Å². The normalized spacial score (nSPS) is 12.2. The molecular formula is C18H8Br2N4O3. The van der Waals surface area contributed by atoms with Gasteiger partial charge in [0.1, 0.15) is 11.0 Å². The van der Waals surface area contributed by atoms with Crippen LogP contribution in [0.2, 0.25) is 0 Å². The second-order valence-corrected chi connectivity index (χ2v) is 7.49. The first-order chi connectivity index (χ1) is 13.0. The molecule has 1 aliphatic rings. The standard InChI is InChI=1S/C18H8Br2N4O3/c19-13-15-16(22-10-4-2-1-3-9(10)21-15)14(20)18-17(13)23-11-6-5-8(24(25)26)7-12(11)27-18/h1-7,23H. The number of non-ortho nitro benzene ring substituents is 1. The average molecular weight is 488 g/mol. The van der Waals surface area contributed by atoms with Crippen LogP contribution in [0.3, 0.4) is 0 Å². The predicted molar refractivity (Wildman–Crippen MR) is 109 cm³/mol. The molecule has 0 saturated carbocycles. The van der Waals surface area contributed by atoms with Crippen LogP contribution in [0.25, 0.3) is 22.1 Å². The molecule has 0 amide bonds. The van der Waals surface area contributed by atoms with Gasteiger partial charge in [-0.15, -0.1) is 0 Å². The minimum atomic E-state index is -0.456. The number of hydrogen-bond donors (Lipinski definition) is 1. The number of para-hydroxylation sites is 2. The number of nitro groups is 1. The van der Waals surface area contributed by atoms with Crippen molar-refractivity contribution in [3.63, 3.8) is 0 Å². The van der Waals surface area contributed by atoms with Crippen molar-refractivity contribution in [2.75, 3.05) is 5.32 Å². The van der Waals surface area contributed by atoms with Crippen LogP contribution in [0.15, 0.2) is 51.4 Å². The fourth-order valence-corrected chi connectivity index (χ4v) is 4.12. The van der Waals surface area contributed by atoms with Gasteiger partial charge >= 0.3 is 0 Å². The lowest BCUT2D eigenvalue weighted by molar-refractivity contribution is -0.384. The van der Waals surface area contributed by atoms with Gasteiger partial charge in [0, 0.05) is 6.07 Å². The topological polar surface area (TPSA) is 90.2 Å². The van der Waals surface area contributed by atoms with E-state index in [9.17, 15) is 10.1 Å². The van der Waals surface area contributed by atoms with Gasteiger partial charge in [0.2, 0.25) is 0 Å². The first kappa shape index (κ1) is 16.4. The summed E-state index contributed by atoms with van der Waals surface area (Å²) in [6, 6.07) is 12.0. The summed E-state index contributed by atoms with van der Waals surface area (Å²) in [7, 11) is 0. The van der Waals surface area contributed by atoms with E-state index >= 15 is 0 Å². The van der Waals surface area contributed by atoms with Crippen LogP contribution in [0, 0.1) is 10.1 Å². The summed E-state index contributed by atoms with van der Waals surface area (Å²) in [5, 5.41) is 14.3. The number of hydrogen-bond acceptors (Lipinski definition) is 6. The van der Waals surface area contributed by atoms with Gasteiger partial charge in [-0.05, 0) is 50.1 Å². The number of anilines is 2. The van der Waals surface area contributed by atoms with E-state index in [1.165, 1.54) is 12.1 Å². The molecule has 9 heteroatoms. The maximum absolute atomic E-state index is 11.0. The highest BCUT2D eigenvalue weighted by Gasteiger charge is 2.27. The number of fused-ring (bicyclic) bond motifs is 4. The first-order valence-electron chi connectivity index (χ1n) is 7.83. The van der Waals surface area contributed by atoms with Crippen molar-refractivity contribution in [3.05, 3.63) is 61.5 Å². The second-order valence-electron chi connectivity index (χ2n) is 5.91. The molecule has 0 fully saturated rings. The summed E-state index contributed by atoms with van der Waals surface area (Å²) in [5.41, 5.74) is 4.13. The van der Waals surface area contributed by atoms with E-state index < -0.39 is 4.92 Å².